The number of rotatable bonds is 10. The van der Waals surface area contributed by atoms with Gasteiger partial charge in [-0.15, -0.1) is 10.2 Å². The van der Waals surface area contributed by atoms with E-state index < -0.39 is 0 Å². The van der Waals surface area contributed by atoms with Gasteiger partial charge in [-0.25, -0.2) is 5.43 Å². The van der Waals surface area contributed by atoms with Crippen LogP contribution in [0.5, 0.6) is 11.5 Å². The zero-order valence-corrected chi connectivity index (χ0v) is 17.6. The Morgan fingerprint density at radius 2 is 2.03 bits per heavy atom. The number of hydrazone groups is 1. The molecule has 0 aliphatic rings. The molecule has 1 amide bonds. The minimum atomic E-state index is -0.230. The van der Waals surface area contributed by atoms with Crippen LogP contribution in [0.25, 0.3) is 0 Å². The first kappa shape index (κ1) is 21.4. The van der Waals surface area contributed by atoms with Crippen LogP contribution in [0.3, 0.4) is 0 Å². The molecule has 0 aliphatic carbocycles. The largest absolute Gasteiger partial charge is 0.490 e. The number of aryl methyl sites for hydroxylation is 1. The van der Waals surface area contributed by atoms with E-state index in [0.29, 0.717) is 29.9 Å². The van der Waals surface area contributed by atoms with Crippen molar-refractivity contribution in [3.8, 4) is 11.5 Å². The van der Waals surface area contributed by atoms with Crippen molar-refractivity contribution in [1.29, 1.82) is 0 Å². The summed E-state index contributed by atoms with van der Waals surface area (Å²) in [6.07, 6.45) is 3.15. The van der Waals surface area contributed by atoms with Gasteiger partial charge < -0.3 is 14.0 Å². The molecule has 0 saturated carbocycles. The standard InChI is InChI=1S/C21H23N5O3S/c1-3-28-19-11-17(9-10-18(19)29-13-16-7-5-4-6-8-16)12-22-24-20(27)14-30-21-25-23-15-26(21)2/h4-12,15H,3,13-14H2,1-2H3,(H,24,27)/b22-12+. The normalized spacial score (nSPS) is 10.9. The number of hydrogen-bond donors (Lipinski definition) is 1. The Kier molecular flexibility index (Phi) is 7.85. The summed E-state index contributed by atoms with van der Waals surface area (Å²) in [4.78, 5) is 11.9. The number of carbonyl (C=O) groups is 1. The van der Waals surface area contributed by atoms with E-state index >= 15 is 0 Å². The summed E-state index contributed by atoms with van der Waals surface area (Å²) in [5, 5.41) is 12.4. The van der Waals surface area contributed by atoms with Gasteiger partial charge in [0.2, 0.25) is 0 Å². The number of aromatic nitrogens is 3. The summed E-state index contributed by atoms with van der Waals surface area (Å²) in [5.74, 6) is 1.25. The maximum atomic E-state index is 11.9. The van der Waals surface area contributed by atoms with Gasteiger partial charge in [-0.05, 0) is 36.2 Å². The molecule has 0 atom stereocenters. The Bertz CT molecular complexity index is 991. The average Bonchev–Trinajstić information content (AvgIpc) is 3.17. The molecule has 30 heavy (non-hydrogen) atoms. The van der Waals surface area contributed by atoms with E-state index in [2.05, 4.69) is 20.7 Å². The molecule has 9 heteroatoms. The number of ether oxygens (including phenoxy) is 2. The Morgan fingerprint density at radius 3 is 2.77 bits per heavy atom. The summed E-state index contributed by atoms with van der Waals surface area (Å²) in [7, 11) is 1.82. The average molecular weight is 426 g/mol. The highest BCUT2D eigenvalue weighted by molar-refractivity contribution is 7.99. The van der Waals surface area contributed by atoms with Crippen LogP contribution in [0.2, 0.25) is 0 Å². The fourth-order valence-electron chi connectivity index (χ4n) is 2.47. The van der Waals surface area contributed by atoms with Gasteiger partial charge in [0.25, 0.3) is 5.91 Å². The van der Waals surface area contributed by atoms with E-state index in [1.807, 2.05) is 62.5 Å². The van der Waals surface area contributed by atoms with E-state index in [0.717, 1.165) is 11.1 Å². The molecule has 2 aromatic carbocycles. The number of amides is 1. The zero-order valence-electron chi connectivity index (χ0n) is 16.8. The van der Waals surface area contributed by atoms with Crippen molar-refractivity contribution in [2.45, 2.75) is 18.7 Å². The molecule has 0 radical (unpaired) electrons. The van der Waals surface area contributed by atoms with Gasteiger partial charge in [0.1, 0.15) is 12.9 Å². The molecule has 0 bridgehead atoms. The third kappa shape index (κ3) is 6.35. The van der Waals surface area contributed by atoms with Crippen LogP contribution in [-0.2, 0) is 18.4 Å². The Morgan fingerprint density at radius 1 is 1.20 bits per heavy atom. The fourth-order valence-corrected chi connectivity index (χ4v) is 3.15. The molecule has 0 spiro atoms. The molecular formula is C21H23N5O3S. The van der Waals surface area contributed by atoms with Gasteiger partial charge in [0, 0.05) is 7.05 Å². The van der Waals surface area contributed by atoms with Gasteiger partial charge in [-0.3, -0.25) is 4.79 Å². The van der Waals surface area contributed by atoms with Gasteiger partial charge >= 0.3 is 0 Å². The Labute approximate surface area is 179 Å². The summed E-state index contributed by atoms with van der Waals surface area (Å²) in [5.41, 5.74) is 4.37. The summed E-state index contributed by atoms with van der Waals surface area (Å²) >= 11 is 1.29. The fraction of sp³-hybridized carbons (Fsp3) is 0.238. The number of nitrogens with one attached hydrogen (secondary N) is 1. The predicted molar refractivity (Wildman–Crippen MR) is 116 cm³/mol. The molecule has 3 aromatic rings. The van der Waals surface area contributed by atoms with Gasteiger partial charge in [-0.1, -0.05) is 42.1 Å². The van der Waals surface area contributed by atoms with Gasteiger partial charge in [0.05, 0.1) is 18.6 Å². The second-order valence-electron chi connectivity index (χ2n) is 6.22. The summed E-state index contributed by atoms with van der Waals surface area (Å²) in [6, 6.07) is 15.4. The second-order valence-corrected chi connectivity index (χ2v) is 7.16. The van der Waals surface area contributed by atoms with Crippen molar-refractivity contribution in [2.75, 3.05) is 12.4 Å². The van der Waals surface area contributed by atoms with E-state index in [4.69, 9.17) is 9.47 Å². The van der Waals surface area contributed by atoms with E-state index in [-0.39, 0.29) is 11.7 Å². The van der Waals surface area contributed by atoms with E-state index in [1.165, 1.54) is 11.8 Å². The molecule has 0 unspecified atom stereocenters. The van der Waals surface area contributed by atoms with E-state index in [9.17, 15) is 4.79 Å². The molecule has 156 valence electrons. The van der Waals surface area contributed by atoms with Crippen LogP contribution in [0.4, 0.5) is 0 Å². The minimum absolute atomic E-state index is 0.195. The highest BCUT2D eigenvalue weighted by Crippen LogP contribution is 2.28. The van der Waals surface area contributed by atoms with Crippen LogP contribution < -0.4 is 14.9 Å². The van der Waals surface area contributed by atoms with Crippen molar-refractivity contribution in [1.82, 2.24) is 20.2 Å². The van der Waals surface area contributed by atoms with Crippen LogP contribution in [-0.4, -0.2) is 39.2 Å². The smallest absolute Gasteiger partial charge is 0.250 e. The van der Waals surface area contributed by atoms with Crippen LogP contribution in [0, 0.1) is 0 Å². The molecule has 0 aliphatic heterocycles. The molecule has 0 fully saturated rings. The lowest BCUT2D eigenvalue weighted by Crippen LogP contribution is -2.19. The lowest BCUT2D eigenvalue weighted by atomic mass is 10.2. The first-order valence-electron chi connectivity index (χ1n) is 9.38. The Hall–Kier alpha value is -3.33. The first-order chi connectivity index (χ1) is 14.7. The van der Waals surface area contributed by atoms with Crippen molar-refractivity contribution < 1.29 is 14.3 Å². The Balaban J connectivity index is 1.55. The molecule has 0 saturated heterocycles. The van der Waals surface area contributed by atoms with Crippen molar-refractivity contribution >= 4 is 23.9 Å². The van der Waals surface area contributed by atoms with E-state index in [1.54, 1.807) is 17.1 Å². The lowest BCUT2D eigenvalue weighted by Gasteiger charge is -2.12. The maximum absolute atomic E-state index is 11.9. The van der Waals surface area contributed by atoms with Crippen molar-refractivity contribution in [3.63, 3.8) is 0 Å². The minimum Gasteiger partial charge on any atom is -0.490 e. The molecular weight excluding hydrogens is 402 g/mol. The zero-order chi connectivity index (χ0) is 21.2. The van der Waals surface area contributed by atoms with Gasteiger partial charge in [-0.2, -0.15) is 5.10 Å². The van der Waals surface area contributed by atoms with Crippen LogP contribution in [0.1, 0.15) is 18.1 Å². The molecule has 3 rings (SSSR count). The SMILES string of the molecule is CCOc1cc(/C=N/NC(=O)CSc2nncn2C)ccc1OCc1ccccc1. The lowest BCUT2D eigenvalue weighted by molar-refractivity contribution is -0.118. The first-order valence-corrected chi connectivity index (χ1v) is 10.4. The summed E-state index contributed by atoms with van der Waals surface area (Å²) in [6.45, 7) is 2.88. The van der Waals surface area contributed by atoms with Crippen molar-refractivity contribution in [2.24, 2.45) is 12.1 Å². The highest BCUT2D eigenvalue weighted by Gasteiger charge is 2.08. The molecule has 1 aromatic heterocycles. The molecule has 8 nitrogen and oxygen atoms in total. The van der Waals surface area contributed by atoms with Crippen LogP contribution in [0.15, 0.2) is 65.1 Å². The molecule has 1 N–H and O–H groups in total. The van der Waals surface area contributed by atoms with Gasteiger partial charge in [0.15, 0.2) is 16.7 Å². The number of thioether (sulfide) groups is 1. The summed E-state index contributed by atoms with van der Waals surface area (Å²) < 4.78 is 13.3. The van der Waals surface area contributed by atoms with Crippen molar-refractivity contribution in [3.05, 3.63) is 66.0 Å². The quantitative estimate of drug-likeness (QED) is 0.305. The monoisotopic (exact) mass is 425 g/mol. The van der Waals surface area contributed by atoms with Crippen LogP contribution >= 0.6 is 11.8 Å². The highest BCUT2D eigenvalue weighted by atomic mass is 32.2. The number of hydrogen-bond acceptors (Lipinski definition) is 7. The number of benzene rings is 2. The third-order valence-corrected chi connectivity index (χ3v) is 4.94. The topological polar surface area (TPSA) is 90.6 Å². The predicted octanol–water partition coefficient (Wildman–Crippen LogP) is 3.04. The number of carbonyl (C=O) groups excluding carboxylic acids is 1. The second kappa shape index (κ2) is 11.0. The number of nitrogens with zero attached hydrogens (tertiary/aromatic N) is 4. The third-order valence-electron chi connectivity index (χ3n) is 3.91. The molecule has 1 heterocycles. The maximum Gasteiger partial charge on any atom is 0.250 e.